The zero-order chi connectivity index (χ0) is 14.4. The van der Waals surface area contributed by atoms with Crippen LogP contribution >= 0.6 is 0 Å². The van der Waals surface area contributed by atoms with Crippen LogP contribution in [0.1, 0.15) is 15.9 Å². The fraction of sp³-hybridized carbons (Fsp3) is 0.188. The molecule has 2 aromatic carbocycles. The van der Waals surface area contributed by atoms with Gasteiger partial charge in [0.2, 0.25) is 0 Å². The second kappa shape index (κ2) is 7.13. The Morgan fingerprint density at radius 3 is 2.50 bits per heavy atom. The van der Waals surface area contributed by atoms with Crippen LogP contribution in [0.25, 0.3) is 0 Å². The number of benzene rings is 2. The molecule has 2 rings (SSSR count). The average molecular weight is 335 g/mol. The number of aldehydes is 1. The van der Waals surface area contributed by atoms with Gasteiger partial charge in [0.15, 0.2) is 0 Å². The number of carbonyl (C=O) groups excluding carboxylic acids is 1. The molecule has 0 aliphatic carbocycles. The molecule has 0 aromatic heterocycles. The third-order valence-electron chi connectivity index (χ3n) is 2.88. The molecule has 104 valence electrons. The van der Waals surface area contributed by atoms with E-state index in [2.05, 4.69) is 5.82 Å². The van der Waals surface area contributed by atoms with Gasteiger partial charge in [0.05, 0.1) is 0 Å². The van der Waals surface area contributed by atoms with Crippen molar-refractivity contribution in [1.29, 1.82) is 0 Å². The number of hydrogen-bond donors (Lipinski definition) is 0. The fourth-order valence-electron chi connectivity index (χ4n) is 1.83. The maximum atomic E-state index is 11.1. The molecule has 20 heavy (non-hydrogen) atoms. The molecule has 0 bridgehead atoms. The number of ether oxygens (including phenoxy) is 2. The van der Waals surface area contributed by atoms with Gasteiger partial charge in [0.1, 0.15) is 0 Å². The summed E-state index contributed by atoms with van der Waals surface area (Å²) in [5.41, 5.74) is 1.75. The molecule has 0 atom stereocenters. The van der Waals surface area contributed by atoms with E-state index in [0.717, 1.165) is 16.3 Å². The first kappa shape index (κ1) is 14.6. The predicted octanol–water partition coefficient (Wildman–Crippen LogP) is 2.46. The third-order valence-corrected chi connectivity index (χ3v) is 4.54. The molecule has 0 aliphatic rings. The van der Waals surface area contributed by atoms with Crippen LogP contribution in [0.3, 0.4) is 0 Å². The molecule has 4 heteroatoms. The number of hydrogen-bond acceptors (Lipinski definition) is 3. The number of carbonyl (C=O) groups is 1. The fourth-order valence-corrected chi connectivity index (χ4v) is 3.02. The Bertz CT molecular complexity index is 582. The van der Waals surface area contributed by atoms with Crippen molar-refractivity contribution in [3.8, 4) is 11.5 Å². The Morgan fingerprint density at radius 2 is 1.90 bits per heavy atom. The molecule has 2 aromatic rings. The van der Waals surface area contributed by atoms with Crippen LogP contribution in [0.5, 0.6) is 11.5 Å². The van der Waals surface area contributed by atoms with Crippen molar-refractivity contribution in [2.45, 2.75) is 12.4 Å². The molecule has 0 aliphatic heterocycles. The second-order valence-electron chi connectivity index (χ2n) is 4.14. The molecule has 3 nitrogen and oxygen atoms in total. The molecule has 0 saturated carbocycles. The monoisotopic (exact) mass is 336 g/mol. The van der Waals surface area contributed by atoms with Crippen LogP contribution in [-0.4, -0.2) is 28.4 Å². The van der Waals surface area contributed by atoms with Gasteiger partial charge in [-0.2, -0.15) is 0 Å². The summed E-state index contributed by atoms with van der Waals surface area (Å²) in [6.45, 7) is 0.451. The second-order valence-corrected chi connectivity index (χ2v) is 5.92. The van der Waals surface area contributed by atoms with Crippen LogP contribution in [0.15, 0.2) is 42.5 Å². The molecule has 0 unspecified atom stereocenters. The standard InChI is InChI=1S/C16H16O3Se/c1-18-14-9-16(20-2)13(10-17)8-15(14)19-11-12-6-4-3-5-7-12/h3-10H,11H2,1-2H3. The van der Waals surface area contributed by atoms with Crippen LogP contribution in [0, 0.1) is 0 Å². The van der Waals surface area contributed by atoms with Crippen molar-refractivity contribution in [2.75, 3.05) is 7.11 Å². The summed E-state index contributed by atoms with van der Waals surface area (Å²) in [5.74, 6) is 3.34. The molecule has 0 saturated heterocycles. The normalized spacial score (nSPS) is 10.1. The van der Waals surface area contributed by atoms with Gasteiger partial charge in [-0.3, -0.25) is 0 Å². The van der Waals surface area contributed by atoms with E-state index in [0.29, 0.717) is 23.7 Å². The Hall–Kier alpha value is -1.77. The van der Waals surface area contributed by atoms with E-state index in [1.807, 2.05) is 36.4 Å². The van der Waals surface area contributed by atoms with Gasteiger partial charge >= 0.3 is 125 Å². The molecule has 0 fully saturated rings. The Labute approximate surface area is 125 Å². The van der Waals surface area contributed by atoms with Crippen LogP contribution in [-0.2, 0) is 6.61 Å². The minimum absolute atomic E-state index is 0.238. The summed E-state index contributed by atoms with van der Waals surface area (Å²) in [4.78, 5) is 11.1. The summed E-state index contributed by atoms with van der Waals surface area (Å²) >= 11 is 0.238. The zero-order valence-electron chi connectivity index (χ0n) is 11.5. The molecule has 0 radical (unpaired) electrons. The van der Waals surface area contributed by atoms with E-state index in [-0.39, 0.29) is 15.0 Å². The minimum atomic E-state index is 0.238. The topological polar surface area (TPSA) is 35.5 Å². The van der Waals surface area contributed by atoms with Gasteiger partial charge in [0, 0.05) is 0 Å². The van der Waals surface area contributed by atoms with Crippen LogP contribution in [0.4, 0.5) is 0 Å². The number of rotatable bonds is 6. The molecule has 0 amide bonds. The van der Waals surface area contributed by atoms with E-state index in [9.17, 15) is 4.79 Å². The van der Waals surface area contributed by atoms with Gasteiger partial charge in [-0.15, -0.1) is 0 Å². The van der Waals surface area contributed by atoms with E-state index >= 15 is 0 Å². The number of methoxy groups -OCH3 is 1. The van der Waals surface area contributed by atoms with E-state index in [1.165, 1.54) is 0 Å². The summed E-state index contributed by atoms with van der Waals surface area (Å²) in [6, 6.07) is 13.5. The summed E-state index contributed by atoms with van der Waals surface area (Å²) in [5, 5.41) is 0. The van der Waals surface area contributed by atoms with Crippen molar-refractivity contribution in [3.63, 3.8) is 0 Å². The maximum absolute atomic E-state index is 11.1. The van der Waals surface area contributed by atoms with Gasteiger partial charge in [-0.1, -0.05) is 0 Å². The Morgan fingerprint density at radius 1 is 1.15 bits per heavy atom. The van der Waals surface area contributed by atoms with E-state index in [4.69, 9.17) is 9.47 Å². The van der Waals surface area contributed by atoms with Crippen molar-refractivity contribution in [3.05, 3.63) is 53.6 Å². The molecular formula is C16H16O3Se. The Kier molecular flexibility index (Phi) is 5.22. The first-order chi connectivity index (χ1) is 9.78. The summed E-state index contributed by atoms with van der Waals surface area (Å²) in [6.07, 6.45) is 0.870. The quantitative estimate of drug-likeness (QED) is 0.601. The predicted molar refractivity (Wildman–Crippen MR) is 80.4 cm³/mol. The molecule has 0 heterocycles. The average Bonchev–Trinajstić information content (AvgIpc) is 2.52. The van der Waals surface area contributed by atoms with Gasteiger partial charge in [-0.25, -0.2) is 0 Å². The SMILES string of the molecule is COc1cc([Se]C)c(C=O)cc1OCc1ccccc1. The van der Waals surface area contributed by atoms with E-state index in [1.54, 1.807) is 13.2 Å². The van der Waals surface area contributed by atoms with Gasteiger partial charge in [0.25, 0.3) is 0 Å². The molecule has 0 N–H and O–H groups in total. The van der Waals surface area contributed by atoms with Crippen molar-refractivity contribution < 1.29 is 14.3 Å². The summed E-state index contributed by atoms with van der Waals surface area (Å²) in [7, 11) is 1.61. The molecular weight excluding hydrogens is 319 g/mol. The van der Waals surface area contributed by atoms with Crippen molar-refractivity contribution in [2.24, 2.45) is 0 Å². The summed E-state index contributed by atoms with van der Waals surface area (Å²) < 4.78 is 12.1. The molecule has 0 spiro atoms. The van der Waals surface area contributed by atoms with Gasteiger partial charge in [-0.05, 0) is 0 Å². The van der Waals surface area contributed by atoms with Crippen LogP contribution < -0.4 is 13.9 Å². The first-order valence-electron chi connectivity index (χ1n) is 6.16. The van der Waals surface area contributed by atoms with Crippen LogP contribution in [0.2, 0.25) is 5.82 Å². The van der Waals surface area contributed by atoms with Crippen molar-refractivity contribution >= 4 is 25.7 Å². The zero-order valence-corrected chi connectivity index (χ0v) is 13.2. The van der Waals surface area contributed by atoms with E-state index < -0.39 is 0 Å². The van der Waals surface area contributed by atoms with Gasteiger partial charge < -0.3 is 0 Å². The third kappa shape index (κ3) is 3.41. The first-order valence-corrected chi connectivity index (χ1v) is 8.73. The Balaban J connectivity index is 2.24. The van der Waals surface area contributed by atoms with Crippen molar-refractivity contribution in [1.82, 2.24) is 0 Å².